The molecule has 0 fully saturated rings. The van der Waals surface area contributed by atoms with Gasteiger partial charge in [-0.15, -0.1) is 0 Å². The Morgan fingerprint density at radius 1 is 1.16 bits per heavy atom. The van der Waals surface area contributed by atoms with Crippen molar-refractivity contribution in [1.29, 1.82) is 0 Å². The second kappa shape index (κ2) is 5.34. The zero-order valence-corrected chi connectivity index (χ0v) is 11.6. The van der Waals surface area contributed by atoms with Gasteiger partial charge in [-0.3, -0.25) is 0 Å². The quantitative estimate of drug-likeness (QED) is 0.839. The van der Waals surface area contributed by atoms with E-state index >= 15 is 0 Å². The highest BCUT2D eigenvalue weighted by Gasteiger charge is 2.13. The van der Waals surface area contributed by atoms with Crippen LogP contribution in [0, 0.1) is 26.6 Å². The van der Waals surface area contributed by atoms with Crippen LogP contribution >= 0.6 is 0 Å². The fourth-order valence-corrected chi connectivity index (χ4v) is 1.92. The molecule has 2 aromatic rings. The summed E-state index contributed by atoms with van der Waals surface area (Å²) >= 11 is 0. The van der Waals surface area contributed by atoms with Gasteiger partial charge in [-0.25, -0.2) is 4.98 Å². The number of hydrogen-bond donors (Lipinski definition) is 0. The molecular weight excluding hydrogens is 243 g/mol. The summed E-state index contributed by atoms with van der Waals surface area (Å²) in [5, 5.41) is 0. The highest BCUT2D eigenvalue weighted by atomic mass is 19.1. The standard InChI is InChI=1S/C15H17FN2O/c1-5-12-14(16)15(18-8-17-12)19-13-7-9(2)6-10(3)11(13)4/h6-8H,5H2,1-4H3. The number of ether oxygens (including phenoxy) is 1. The van der Waals surface area contributed by atoms with Gasteiger partial charge in [-0.1, -0.05) is 13.0 Å². The molecule has 1 aromatic carbocycles. The Morgan fingerprint density at radius 2 is 1.89 bits per heavy atom. The summed E-state index contributed by atoms with van der Waals surface area (Å²) in [6.07, 6.45) is 1.84. The van der Waals surface area contributed by atoms with Gasteiger partial charge >= 0.3 is 0 Å². The first-order chi connectivity index (χ1) is 9.02. The summed E-state index contributed by atoms with van der Waals surface area (Å²) in [5.74, 6) is 0.140. The van der Waals surface area contributed by atoms with E-state index in [0.29, 0.717) is 17.9 Å². The van der Waals surface area contributed by atoms with Crippen LogP contribution in [-0.4, -0.2) is 9.97 Å². The molecule has 0 aliphatic rings. The molecule has 0 N–H and O–H groups in total. The maximum atomic E-state index is 14.0. The molecule has 1 aromatic heterocycles. The van der Waals surface area contributed by atoms with Crippen molar-refractivity contribution in [2.45, 2.75) is 34.1 Å². The molecule has 0 spiro atoms. The molecule has 0 radical (unpaired) electrons. The summed E-state index contributed by atoms with van der Waals surface area (Å²) in [6, 6.07) is 3.95. The number of rotatable bonds is 3. The first-order valence-corrected chi connectivity index (χ1v) is 6.28. The summed E-state index contributed by atoms with van der Waals surface area (Å²) in [5.41, 5.74) is 3.54. The number of nitrogens with zero attached hydrogens (tertiary/aromatic N) is 2. The number of halogens is 1. The third kappa shape index (κ3) is 2.72. The van der Waals surface area contributed by atoms with Gasteiger partial charge in [0.2, 0.25) is 5.82 Å². The first-order valence-electron chi connectivity index (χ1n) is 6.28. The molecule has 0 bridgehead atoms. The van der Waals surface area contributed by atoms with Crippen LogP contribution in [0.3, 0.4) is 0 Å². The highest BCUT2D eigenvalue weighted by molar-refractivity contribution is 5.43. The first kappa shape index (κ1) is 13.5. The Kier molecular flexibility index (Phi) is 3.79. The number of benzene rings is 1. The minimum atomic E-state index is -0.483. The van der Waals surface area contributed by atoms with Crippen molar-refractivity contribution < 1.29 is 9.13 Å². The predicted molar refractivity (Wildman–Crippen MR) is 72.1 cm³/mol. The second-order valence-electron chi connectivity index (χ2n) is 4.60. The molecule has 19 heavy (non-hydrogen) atoms. The summed E-state index contributed by atoms with van der Waals surface area (Å²) in [7, 11) is 0. The lowest BCUT2D eigenvalue weighted by Crippen LogP contribution is -2.01. The van der Waals surface area contributed by atoms with E-state index in [0.717, 1.165) is 16.7 Å². The molecule has 0 aliphatic heterocycles. The van der Waals surface area contributed by atoms with E-state index in [2.05, 4.69) is 16.0 Å². The van der Waals surface area contributed by atoms with E-state index in [1.807, 2.05) is 33.8 Å². The van der Waals surface area contributed by atoms with Crippen molar-refractivity contribution in [2.24, 2.45) is 0 Å². The normalized spacial score (nSPS) is 10.6. The molecule has 3 nitrogen and oxygen atoms in total. The smallest absolute Gasteiger partial charge is 0.259 e. The van der Waals surface area contributed by atoms with Crippen molar-refractivity contribution in [3.63, 3.8) is 0 Å². The minimum Gasteiger partial charge on any atom is -0.436 e. The van der Waals surface area contributed by atoms with Crippen LogP contribution in [0.4, 0.5) is 4.39 Å². The van der Waals surface area contributed by atoms with E-state index in [4.69, 9.17) is 4.74 Å². The van der Waals surface area contributed by atoms with Gasteiger partial charge in [0.1, 0.15) is 12.1 Å². The second-order valence-corrected chi connectivity index (χ2v) is 4.60. The van der Waals surface area contributed by atoms with Crippen molar-refractivity contribution in [1.82, 2.24) is 9.97 Å². The van der Waals surface area contributed by atoms with Crippen LogP contribution in [0.1, 0.15) is 29.3 Å². The molecule has 0 atom stereocenters. The fraction of sp³-hybridized carbons (Fsp3) is 0.333. The van der Waals surface area contributed by atoms with E-state index < -0.39 is 5.82 Å². The number of aryl methyl sites for hydroxylation is 3. The van der Waals surface area contributed by atoms with Gasteiger partial charge in [0, 0.05) is 0 Å². The molecule has 0 saturated heterocycles. The van der Waals surface area contributed by atoms with Crippen molar-refractivity contribution in [2.75, 3.05) is 0 Å². The average molecular weight is 260 g/mol. The third-order valence-corrected chi connectivity index (χ3v) is 3.14. The van der Waals surface area contributed by atoms with Crippen molar-refractivity contribution >= 4 is 0 Å². The Bertz CT molecular complexity index is 611. The monoisotopic (exact) mass is 260 g/mol. The van der Waals surface area contributed by atoms with Crippen LogP contribution in [0.15, 0.2) is 18.5 Å². The third-order valence-electron chi connectivity index (χ3n) is 3.14. The van der Waals surface area contributed by atoms with Gasteiger partial charge in [0.25, 0.3) is 5.88 Å². The Hall–Kier alpha value is -1.97. The molecule has 0 aliphatic carbocycles. The average Bonchev–Trinajstić information content (AvgIpc) is 2.37. The molecular formula is C15H17FN2O. The molecule has 0 unspecified atom stereocenters. The van der Waals surface area contributed by atoms with Crippen LogP contribution in [0.2, 0.25) is 0 Å². The summed E-state index contributed by atoms with van der Waals surface area (Å²) in [4.78, 5) is 7.76. The molecule has 4 heteroatoms. The van der Waals surface area contributed by atoms with Gasteiger partial charge in [0.05, 0.1) is 5.69 Å². The SMILES string of the molecule is CCc1ncnc(Oc2cc(C)cc(C)c2C)c1F. The number of aromatic nitrogens is 2. The Balaban J connectivity index is 2.42. The fourth-order valence-electron chi connectivity index (χ4n) is 1.92. The van der Waals surface area contributed by atoms with Crippen LogP contribution in [-0.2, 0) is 6.42 Å². The maximum Gasteiger partial charge on any atom is 0.259 e. The Labute approximate surface area is 112 Å². The van der Waals surface area contributed by atoms with E-state index in [1.54, 1.807) is 0 Å². The predicted octanol–water partition coefficient (Wildman–Crippen LogP) is 3.90. The van der Waals surface area contributed by atoms with Gasteiger partial charge in [0.15, 0.2) is 0 Å². The Morgan fingerprint density at radius 3 is 2.58 bits per heavy atom. The van der Waals surface area contributed by atoms with Crippen molar-refractivity contribution in [3.8, 4) is 11.6 Å². The maximum absolute atomic E-state index is 14.0. The molecule has 0 saturated carbocycles. The summed E-state index contributed by atoms with van der Waals surface area (Å²) < 4.78 is 19.7. The zero-order valence-electron chi connectivity index (χ0n) is 11.6. The van der Waals surface area contributed by atoms with E-state index in [1.165, 1.54) is 6.33 Å². The van der Waals surface area contributed by atoms with Gasteiger partial charge in [-0.05, 0) is 49.9 Å². The van der Waals surface area contributed by atoms with Crippen LogP contribution in [0.25, 0.3) is 0 Å². The van der Waals surface area contributed by atoms with Crippen LogP contribution < -0.4 is 4.74 Å². The van der Waals surface area contributed by atoms with E-state index in [-0.39, 0.29) is 5.88 Å². The van der Waals surface area contributed by atoms with Gasteiger partial charge < -0.3 is 4.74 Å². The van der Waals surface area contributed by atoms with E-state index in [9.17, 15) is 4.39 Å². The lowest BCUT2D eigenvalue weighted by molar-refractivity contribution is 0.412. The molecule has 1 heterocycles. The lowest BCUT2D eigenvalue weighted by Gasteiger charge is -2.12. The zero-order chi connectivity index (χ0) is 14.0. The minimum absolute atomic E-state index is 0.0139. The van der Waals surface area contributed by atoms with Crippen LogP contribution in [0.5, 0.6) is 11.6 Å². The topological polar surface area (TPSA) is 35.0 Å². The highest BCUT2D eigenvalue weighted by Crippen LogP contribution is 2.29. The molecule has 2 rings (SSSR count). The molecule has 100 valence electrons. The lowest BCUT2D eigenvalue weighted by atomic mass is 10.1. The van der Waals surface area contributed by atoms with Gasteiger partial charge in [-0.2, -0.15) is 9.37 Å². The largest absolute Gasteiger partial charge is 0.436 e. The molecule has 0 amide bonds. The number of hydrogen-bond acceptors (Lipinski definition) is 3. The van der Waals surface area contributed by atoms with Crippen molar-refractivity contribution in [3.05, 3.63) is 46.7 Å². The summed E-state index contributed by atoms with van der Waals surface area (Å²) in [6.45, 7) is 7.78.